The van der Waals surface area contributed by atoms with Gasteiger partial charge in [0.2, 0.25) is 0 Å². The van der Waals surface area contributed by atoms with Crippen LogP contribution in [-0.2, 0) is 14.8 Å². The van der Waals surface area contributed by atoms with Crippen molar-refractivity contribution in [2.75, 3.05) is 16.2 Å². The van der Waals surface area contributed by atoms with Gasteiger partial charge in [-0.05, 0) is 60.7 Å². The zero-order chi connectivity index (χ0) is 25.1. The summed E-state index contributed by atoms with van der Waals surface area (Å²) in [7, 11) is -3.99. The second-order valence-electron chi connectivity index (χ2n) is 7.96. The second-order valence-corrected chi connectivity index (χ2v) is 10.3. The van der Waals surface area contributed by atoms with E-state index in [0.29, 0.717) is 27.9 Å². The third-order valence-corrected chi connectivity index (χ3v) is 7.59. The minimum atomic E-state index is -3.99. The van der Waals surface area contributed by atoms with Gasteiger partial charge in [-0.1, -0.05) is 54.1 Å². The number of carbonyl (C=O) groups excluding carboxylic acids is 1. The Morgan fingerprint density at radius 2 is 1.56 bits per heavy atom. The highest BCUT2D eigenvalue weighted by Crippen LogP contribution is 2.37. The molecule has 1 aliphatic rings. The first-order chi connectivity index (χ1) is 17.4. The summed E-state index contributed by atoms with van der Waals surface area (Å²) in [6.45, 7) is -0.213. The molecule has 1 N–H and O–H groups in total. The van der Waals surface area contributed by atoms with Gasteiger partial charge in [0.05, 0.1) is 22.8 Å². The van der Waals surface area contributed by atoms with Crippen LogP contribution in [0.5, 0.6) is 17.2 Å². The fraction of sp³-hybridized carbons (Fsp3) is 0.0741. The molecule has 4 aromatic rings. The lowest BCUT2D eigenvalue weighted by Gasteiger charge is -2.34. The van der Waals surface area contributed by atoms with Crippen molar-refractivity contribution < 1.29 is 22.7 Å². The van der Waals surface area contributed by atoms with Crippen LogP contribution >= 0.6 is 11.6 Å². The Bertz CT molecular complexity index is 1490. The van der Waals surface area contributed by atoms with E-state index in [1.165, 1.54) is 28.6 Å². The third-order valence-electron chi connectivity index (χ3n) is 5.54. The summed E-state index contributed by atoms with van der Waals surface area (Å²) in [5.41, 5.74) is 0.783. The summed E-state index contributed by atoms with van der Waals surface area (Å²) < 4.78 is 40.1. The van der Waals surface area contributed by atoms with Crippen molar-refractivity contribution in [1.82, 2.24) is 0 Å². The Balaban J connectivity index is 1.42. The van der Waals surface area contributed by atoms with E-state index in [1.54, 1.807) is 60.7 Å². The van der Waals surface area contributed by atoms with Gasteiger partial charge in [0.25, 0.3) is 15.9 Å². The lowest BCUT2D eigenvalue weighted by molar-refractivity contribution is -0.122. The number of fused-ring (bicyclic) bond motifs is 1. The number of benzene rings is 4. The second kappa shape index (κ2) is 9.93. The van der Waals surface area contributed by atoms with Crippen molar-refractivity contribution in [3.63, 3.8) is 0 Å². The first-order valence-electron chi connectivity index (χ1n) is 11.1. The normalized spacial score (nSPS) is 14.9. The van der Waals surface area contributed by atoms with E-state index in [0.717, 1.165) is 0 Å². The molecule has 1 atom stereocenters. The number of sulfonamides is 1. The molecule has 0 spiro atoms. The molecule has 182 valence electrons. The van der Waals surface area contributed by atoms with Gasteiger partial charge in [-0.3, -0.25) is 9.10 Å². The highest BCUT2D eigenvalue weighted by Gasteiger charge is 2.37. The fourth-order valence-corrected chi connectivity index (χ4v) is 5.39. The quantitative estimate of drug-likeness (QED) is 0.351. The molecule has 0 aliphatic carbocycles. The highest BCUT2D eigenvalue weighted by atomic mass is 35.5. The maximum absolute atomic E-state index is 13.5. The molecule has 1 aliphatic heterocycles. The maximum Gasteiger partial charge on any atom is 0.267 e. The van der Waals surface area contributed by atoms with Gasteiger partial charge in [-0.25, -0.2) is 8.42 Å². The number of hydrogen-bond donors (Lipinski definition) is 1. The van der Waals surface area contributed by atoms with Crippen LogP contribution in [0.3, 0.4) is 0 Å². The Morgan fingerprint density at radius 1 is 0.889 bits per heavy atom. The summed E-state index contributed by atoms with van der Waals surface area (Å²) in [4.78, 5) is 13.4. The number of rotatable bonds is 6. The van der Waals surface area contributed by atoms with Gasteiger partial charge in [0.1, 0.15) is 11.5 Å². The molecule has 0 saturated carbocycles. The number of halogens is 1. The van der Waals surface area contributed by atoms with Crippen molar-refractivity contribution in [3.05, 3.63) is 108 Å². The third kappa shape index (κ3) is 4.86. The summed E-state index contributed by atoms with van der Waals surface area (Å²) in [5, 5.41) is 3.24. The zero-order valence-electron chi connectivity index (χ0n) is 18.9. The topological polar surface area (TPSA) is 84.9 Å². The number of para-hydroxylation sites is 5. The number of carbonyl (C=O) groups is 1. The van der Waals surface area contributed by atoms with E-state index in [1.807, 2.05) is 18.2 Å². The molecule has 1 unspecified atom stereocenters. The Hall–Kier alpha value is -4.01. The van der Waals surface area contributed by atoms with Crippen molar-refractivity contribution in [3.8, 4) is 17.2 Å². The monoisotopic (exact) mass is 520 g/mol. The van der Waals surface area contributed by atoms with Crippen molar-refractivity contribution in [1.29, 1.82) is 0 Å². The number of anilines is 2. The van der Waals surface area contributed by atoms with Crippen molar-refractivity contribution in [2.24, 2.45) is 0 Å². The summed E-state index contributed by atoms with van der Waals surface area (Å²) in [5.74, 6) is 0.835. The Labute approximate surface area is 213 Å². The van der Waals surface area contributed by atoms with Crippen LogP contribution in [-0.4, -0.2) is 27.0 Å². The van der Waals surface area contributed by atoms with E-state index >= 15 is 0 Å². The fourth-order valence-electron chi connectivity index (χ4n) is 3.79. The number of nitrogens with zero attached hydrogens (tertiary/aromatic N) is 1. The van der Waals surface area contributed by atoms with E-state index in [-0.39, 0.29) is 17.2 Å². The SMILES string of the molecule is O=C(Nc1ccccc1Oc1ccccc1)C1CN(S(=O)(=O)c2ccc(Cl)cc2)c2ccccc2O1. The highest BCUT2D eigenvalue weighted by molar-refractivity contribution is 7.92. The van der Waals surface area contributed by atoms with Crippen LogP contribution in [0.1, 0.15) is 0 Å². The number of hydrogen-bond acceptors (Lipinski definition) is 5. The van der Waals surface area contributed by atoms with Gasteiger partial charge in [0.15, 0.2) is 11.9 Å². The molecule has 0 aromatic heterocycles. The molecule has 0 bridgehead atoms. The van der Waals surface area contributed by atoms with Crippen LogP contribution < -0.4 is 19.1 Å². The maximum atomic E-state index is 13.5. The average molecular weight is 521 g/mol. The van der Waals surface area contributed by atoms with Gasteiger partial charge in [-0.2, -0.15) is 0 Å². The van der Waals surface area contributed by atoms with Gasteiger partial charge >= 0.3 is 0 Å². The van der Waals surface area contributed by atoms with Crippen molar-refractivity contribution >= 4 is 38.9 Å². The first kappa shape index (κ1) is 23.7. The smallest absolute Gasteiger partial charge is 0.267 e. The number of amides is 1. The van der Waals surface area contributed by atoms with Gasteiger partial charge in [-0.15, -0.1) is 0 Å². The van der Waals surface area contributed by atoms with Crippen LogP contribution in [0, 0.1) is 0 Å². The van der Waals surface area contributed by atoms with Gasteiger partial charge < -0.3 is 14.8 Å². The average Bonchev–Trinajstić information content (AvgIpc) is 2.90. The molecular weight excluding hydrogens is 500 g/mol. The van der Waals surface area contributed by atoms with E-state index < -0.39 is 22.0 Å². The first-order valence-corrected chi connectivity index (χ1v) is 12.9. The molecule has 5 rings (SSSR count). The van der Waals surface area contributed by atoms with Crippen molar-refractivity contribution in [2.45, 2.75) is 11.0 Å². The number of ether oxygens (including phenoxy) is 2. The minimum absolute atomic E-state index is 0.0596. The molecule has 0 saturated heterocycles. The zero-order valence-corrected chi connectivity index (χ0v) is 20.4. The molecular formula is C27H21ClN2O5S. The summed E-state index contributed by atoms with van der Waals surface area (Å²) in [6.07, 6.45) is -1.10. The van der Waals surface area contributed by atoms with Crippen LogP contribution in [0.15, 0.2) is 108 Å². The molecule has 36 heavy (non-hydrogen) atoms. The van der Waals surface area contributed by atoms with E-state index in [9.17, 15) is 13.2 Å². The minimum Gasteiger partial charge on any atom is -0.476 e. The molecule has 1 heterocycles. The Kier molecular flexibility index (Phi) is 6.54. The predicted octanol–water partition coefficient (Wildman–Crippen LogP) is 5.73. The standard InChI is InChI=1S/C27H21ClN2O5S/c28-19-14-16-21(17-15-19)36(32,33)30-18-26(35-25-13-7-5-11-23(25)30)27(31)29-22-10-4-6-12-24(22)34-20-8-2-1-3-9-20/h1-17,26H,18H2,(H,29,31). The largest absolute Gasteiger partial charge is 0.476 e. The molecule has 1 amide bonds. The van der Waals surface area contributed by atoms with E-state index in [4.69, 9.17) is 21.1 Å². The molecule has 0 radical (unpaired) electrons. The molecule has 4 aromatic carbocycles. The van der Waals surface area contributed by atoms with E-state index in [2.05, 4.69) is 5.32 Å². The predicted molar refractivity (Wildman–Crippen MR) is 138 cm³/mol. The lowest BCUT2D eigenvalue weighted by Crippen LogP contribution is -2.48. The van der Waals surface area contributed by atoms with Gasteiger partial charge in [0, 0.05) is 5.02 Å². The molecule has 0 fully saturated rings. The molecule has 7 nitrogen and oxygen atoms in total. The summed E-state index contributed by atoms with van der Waals surface area (Å²) in [6, 6.07) is 28.8. The summed E-state index contributed by atoms with van der Waals surface area (Å²) >= 11 is 5.94. The Morgan fingerprint density at radius 3 is 2.33 bits per heavy atom. The molecule has 9 heteroatoms. The van der Waals surface area contributed by atoms with Crippen LogP contribution in [0.4, 0.5) is 11.4 Å². The lowest BCUT2D eigenvalue weighted by atomic mass is 10.2. The van der Waals surface area contributed by atoms with Crippen LogP contribution in [0.2, 0.25) is 5.02 Å². The number of nitrogens with one attached hydrogen (secondary N) is 1. The van der Waals surface area contributed by atoms with Crippen LogP contribution in [0.25, 0.3) is 0 Å².